The minimum atomic E-state index is -4.58. The van der Waals surface area contributed by atoms with Crippen molar-refractivity contribution in [2.75, 3.05) is 12.1 Å². The first-order valence-corrected chi connectivity index (χ1v) is 8.81. The second-order valence-corrected chi connectivity index (χ2v) is 6.48. The average molecular weight is 436 g/mol. The van der Waals surface area contributed by atoms with Gasteiger partial charge in [-0.3, -0.25) is 5.01 Å². The maximum atomic E-state index is 12.6. The van der Waals surface area contributed by atoms with Crippen LogP contribution < -0.4 is 21.4 Å². The van der Waals surface area contributed by atoms with Crippen LogP contribution in [-0.2, 0) is 12.8 Å². The summed E-state index contributed by atoms with van der Waals surface area (Å²) in [4.78, 5) is 19.2. The van der Waals surface area contributed by atoms with Gasteiger partial charge in [0.15, 0.2) is 11.5 Å². The van der Waals surface area contributed by atoms with Crippen LogP contribution in [0.25, 0.3) is 5.82 Å². The number of aromatic nitrogens is 4. The number of hydrazine groups is 2. The van der Waals surface area contributed by atoms with Gasteiger partial charge in [0.2, 0.25) is 5.88 Å². The molecule has 2 heterocycles. The van der Waals surface area contributed by atoms with Gasteiger partial charge in [0, 0.05) is 24.9 Å². The molecule has 3 aromatic rings. The highest BCUT2D eigenvalue weighted by Crippen LogP contribution is 2.27. The quantitative estimate of drug-likeness (QED) is 0.356. The first kappa shape index (κ1) is 22.0. The molecule has 0 aliphatic heterocycles. The third kappa shape index (κ3) is 4.90. The molecule has 0 bridgehead atoms. The SMILES string of the molecule is Cc1cccc(N(N)C(=O)N(C)N)c1COc1ccn(-c2cnc(C(F)(F)F)cn2)n1. The largest absolute Gasteiger partial charge is 0.472 e. The van der Waals surface area contributed by atoms with Gasteiger partial charge in [-0.05, 0) is 18.6 Å². The monoisotopic (exact) mass is 436 g/mol. The molecule has 0 fully saturated rings. The summed E-state index contributed by atoms with van der Waals surface area (Å²) in [5.74, 6) is 11.6. The zero-order valence-electron chi connectivity index (χ0n) is 16.5. The molecule has 0 atom stereocenters. The number of rotatable bonds is 5. The van der Waals surface area contributed by atoms with Gasteiger partial charge >= 0.3 is 12.2 Å². The molecule has 31 heavy (non-hydrogen) atoms. The lowest BCUT2D eigenvalue weighted by Crippen LogP contribution is -2.49. The van der Waals surface area contributed by atoms with Crippen molar-refractivity contribution in [2.24, 2.45) is 11.7 Å². The van der Waals surface area contributed by atoms with Crippen molar-refractivity contribution in [3.05, 3.63) is 59.7 Å². The molecule has 0 saturated carbocycles. The molecule has 1 aromatic carbocycles. The van der Waals surface area contributed by atoms with Gasteiger partial charge in [-0.25, -0.2) is 36.1 Å². The average Bonchev–Trinajstić information content (AvgIpc) is 3.20. The first-order chi connectivity index (χ1) is 14.6. The van der Waals surface area contributed by atoms with E-state index in [0.717, 1.165) is 21.8 Å². The van der Waals surface area contributed by atoms with Crippen LogP contribution >= 0.6 is 0 Å². The Bertz CT molecular complexity index is 1070. The number of alkyl halides is 3. The second kappa shape index (κ2) is 8.57. The number of hydrogen-bond donors (Lipinski definition) is 2. The smallest absolute Gasteiger partial charge is 0.434 e. The summed E-state index contributed by atoms with van der Waals surface area (Å²) >= 11 is 0. The summed E-state index contributed by atoms with van der Waals surface area (Å²) < 4.78 is 44.8. The Morgan fingerprint density at radius 3 is 2.55 bits per heavy atom. The van der Waals surface area contributed by atoms with E-state index in [0.29, 0.717) is 17.4 Å². The molecule has 3 rings (SSSR count). The summed E-state index contributed by atoms with van der Waals surface area (Å²) in [7, 11) is 1.37. The Kier molecular flexibility index (Phi) is 6.08. The maximum Gasteiger partial charge on any atom is 0.434 e. The van der Waals surface area contributed by atoms with E-state index < -0.39 is 17.9 Å². The van der Waals surface area contributed by atoms with Gasteiger partial charge in [0.05, 0.1) is 18.1 Å². The van der Waals surface area contributed by atoms with E-state index in [9.17, 15) is 18.0 Å². The Labute approximate surface area is 174 Å². The number of halogens is 3. The third-order valence-corrected chi connectivity index (χ3v) is 4.25. The molecule has 13 heteroatoms. The van der Waals surface area contributed by atoms with Crippen LogP contribution in [0.2, 0.25) is 0 Å². The number of urea groups is 1. The van der Waals surface area contributed by atoms with Crippen LogP contribution in [0.1, 0.15) is 16.8 Å². The lowest BCUT2D eigenvalue weighted by Gasteiger charge is -2.24. The zero-order chi connectivity index (χ0) is 22.8. The van der Waals surface area contributed by atoms with Crippen molar-refractivity contribution in [1.29, 1.82) is 0 Å². The van der Waals surface area contributed by atoms with Gasteiger partial charge in [-0.1, -0.05) is 12.1 Å². The van der Waals surface area contributed by atoms with E-state index in [-0.39, 0.29) is 18.3 Å². The third-order valence-electron chi connectivity index (χ3n) is 4.25. The highest BCUT2D eigenvalue weighted by Gasteiger charge is 2.32. The van der Waals surface area contributed by atoms with Crippen molar-refractivity contribution in [3.8, 4) is 11.7 Å². The minimum Gasteiger partial charge on any atom is -0.472 e. The minimum absolute atomic E-state index is 0.0208. The number of carbonyl (C=O) groups excluding carboxylic acids is 1. The number of nitrogens with zero attached hydrogens (tertiary/aromatic N) is 6. The molecule has 0 aliphatic carbocycles. The molecule has 10 nitrogen and oxygen atoms in total. The highest BCUT2D eigenvalue weighted by molar-refractivity contribution is 5.91. The fraction of sp³-hybridized carbons (Fsp3) is 0.222. The maximum absolute atomic E-state index is 12.6. The molecular formula is C18H19F3N8O2. The second-order valence-electron chi connectivity index (χ2n) is 6.48. The standard InChI is InChI=1S/C18H19F3N8O2/c1-11-4-3-5-13(29(23)17(30)27(2)22)12(11)10-31-16-6-7-28(26-16)15-9-24-14(8-25-15)18(19,20)21/h3-9H,10,22-23H2,1-2H3. The number of ether oxygens (including phenoxy) is 1. The molecule has 0 radical (unpaired) electrons. The summed E-state index contributed by atoms with van der Waals surface area (Å²) in [5.41, 5.74) is 0.740. The van der Waals surface area contributed by atoms with E-state index in [4.69, 9.17) is 16.4 Å². The van der Waals surface area contributed by atoms with E-state index in [1.165, 1.54) is 24.0 Å². The summed E-state index contributed by atoms with van der Waals surface area (Å²) in [5, 5.41) is 5.88. The lowest BCUT2D eigenvalue weighted by molar-refractivity contribution is -0.141. The molecule has 4 N–H and O–H groups in total. The normalized spacial score (nSPS) is 11.3. The molecule has 0 unspecified atom stereocenters. The number of aryl methyl sites for hydroxylation is 1. The van der Waals surface area contributed by atoms with Gasteiger partial charge in [0.25, 0.3) is 0 Å². The number of nitrogens with two attached hydrogens (primary N) is 2. The first-order valence-electron chi connectivity index (χ1n) is 8.81. The topological polar surface area (TPSA) is 128 Å². The number of benzene rings is 1. The van der Waals surface area contributed by atoms with Crippen LogP contribution in [0.4, 0.5) is 23.7 Å². The van der Waals surface area contributed by atoms with Crippen molar-refractivity contribution in [1.82, 2.24) is 24.8 Å². The van der Waals surface area contributed by atoms with Crippen LogP contribution in [0.3, 0.4) is 0 Å². The van der Waals surface area contributed by atoms with E-state index in [2.05, 4.69) is 15.1 Å². The molecule has 0 saturated heterocycles. The van der Waals surface area contributed by atoms with E-state index in [1.54, 1.807) is 12.1 Å². The van der Waals surface area contributed by atoms with Gasteiger partial charge in [-0.2, -0.15) is 13.2 Å². The van der Waals surface area contributed by atoms with Gasteiger partial charge < -0.3 is 4.74 Å². The highest BCUT2D eigenvalue weighted by atomic mass is 19.4. The Morgan fingerprint density at radius 2 is 1.94 bits per heavy atom. The van der Waals surface area contributed by atoms with Gasteiger partial charge in [-0.15, -0.1) is 5.10 Å². The fourth-order valence-corrected chi connectivity index (χ4v) is 2.62. The molecule has 0 spiro atoms. The van der Waals surface area contributed by atoms with Gasteiger partial charge in [0.1, 0.15) is 6.61 Å². The summed E-state index contributed by atoms with van der Waals surface area (Å²) in [6, 6.07) is 6.08. The van der Waals surface area contributed by atoms with Crippen LogP contribution in [0, 0.1) is 6.92 Å². The van der Waals surface area contributed by atoms with E-state index >= 15 is 0 Å². The van der Waals surface area contributed by atoms with Crippen molar-refractivity contribution >= 4 is 11.7 Å². The molecule has 0 aliphatic rings. The lowest BCUT2D eigenvalue weighted by atomic mass is 10.1. The molecule has 2 amide bonds. The summed E-state index contributed by atoms with van der Waals surface area (Å²) in [6.45, 7) is 1.84. The number of anilines is 1. The van der Waals surface area contributed by atoms with Crippen molar-refractivity contribution < 1.29 is 22.7 Å². The Morgan fingerprint density at radius 1 is 1.19 bits per heavy atom. The number of carbonyl (C=O) groups is 1. The van der Waals surface area contributed by atoms with E-state index in [1.807, 2.05) is 13.0 Å². The summed E-state index contributed by atoms with van der Waals surface area (Å²) in [6.07, 6.45) is -1.53. The van der Waals surface area contributed by atoms with Crippen LogP contribution in [0.5, 0.6) is 5.88 Å². The Hall–Kier alpha value is -3.71. The predicted molar refractivity (Wildman–Crippen MR) is 104 cm³/mol. The number of amides is 2. The Balaban J connectivity index is 1.76. The van der Waals surface area contributed by atoms with Crippen molar-refractivity contribution in [3.63, 3.8) is 0 Å². The van der Waals surface area contributed by atoms with Crippen LogP contribution in [-0.4, -0.2) is 37.8 Å². The zero-order valence-corrected chi connectivity index (χ0v) is 16.5. The predicted octanol–water partition coefficient (Wildman–Crippen LogP) is 2.17. The fourth-order valence-electron chi connectivity index (χ4n) is 2.62. The molecular weight excluding hydrogens is 417 g/mol. The number of hydrogen-bond acceptors (Lipinski definition) is 7. The van der Waals surface area contributed by atoms with Crippen molar-refractivity contribution in [2.45, 2.75) is 19.7 Å². The van der Waals surface area contributed by atoms with Crippen LogP contribution in [0.15, 0.2) is 42.9 Å². The molecule has 164 valence electrons. The molecule has 2 aromatic heterocycles.